The summed E-state index contributed by atoms with van der Waals surface area (Å²) in [5, 5.41) is 0.620. The van der Waals surface area contributed by atoms with Gasteiger partial charge in [-0.05, 0) is 32.9 Å². The molecule has 2 aromatic rings. The monoisotopic (exact) mass is 310 g/mol. The number of ether oxygens (including phenoxy) is 1. The van der Waals surface area contributed by atoms with Gasteiger partial charge in [-0.15, -0.1) is 0 Å². The zero-order valence-corrected chi connectivity index (χ0v) is 12.2. The summed E-state index contributed by atoms with van der Waals surface area (Å²) in [6.45, 7) is 5.54. The van der Waals surface area contributed by atoms with Crippen LogP contribution >= 0.6 is 15.9 Å². The highest BCUT2D eigenvalue weighted by atomic mass is 79.9. The maximum atomic E-state index is 12.1. The summed E-state index contributed by atoms with van der Waals surface area (Å²) in [4.78, 5) is 19.6. The summed E-state index contributed by atoms with van der Waals surface area (Å²) in [5.74, 6) is 0.446. The zero-order chi connectivity index (χ0) is 13.3. The number of aromatic amines is 1. The highest BCUT2D eigenvalue weighted by Crippen LogP contribution is 2.20. The number of benzene rings is 1. The van der Waals surface area contributed by atoms with E-state index in [0.29, 0.717) is 16.4 Å². The molecule has 1 aromatic carbocycles. The number of imidazole rings is 1. The Bertz CT molecular complexity index is 584. The molecule has 0 fully saturated rings. The van der Waals surface area contributed by atoms with E-state index in [1.165, 1.54) is 0 Å². The van der Waals surface area contributed by atoms with E-state index >= 15 is 0 Å². The number of aromatic nitrogens is 2. The fraction of sp³-hybridized carbons (Fsp3) is 0.385. The van der Waals surface area contributed by atoms with Crippen molar-refractivity contribution in [3.63, 3.8) is 0 Å². The number of halogens is 1. The van der Waals surface area contributed by atoms with E-state index < -0.39 is 5.60 Å². The number of hydrogen-bond acceptors (Lipinski definition) is 3. The molecular weight excluding hydrogens is 296 g/mol. The third-order valence-corrected chi connectivity index (χ3v) is 2.84. The van der Waals surface area contributed by atoms with E-state index in [0.717, 1.165) is 11.3 Å². The van der Waals surface area contributed by atoms with Crippen molar-refractivity contribution in [3.8, 4) is 0 Å². The fourth-order valence-corrected chi connectivity index (χ4v) is 1.91. The number of rotatable bonds is 2. The predicted octanol–water partition coefficient (Wildman–Crippen LogP) is 3.41. The molecule has 0 atom stereocenters. The summed E-state index contributed by atoms with van der Waals surface area (Å²) in [6.07, 6.45) is 0. The topological polar surface area (TPSA) is 55.0 Å². The standard InChI is InChI=1S/C13H15BrN2O2/c1-13(2,3)18-12(17)8-5-4-6-9-11(8)16-10(7-14)15-9/h4-6H,7H2,1-3H3,(H,15,16). The molecule has 5 heteroatoms. The summed E-state index contributed by atoms with van der Waals surface area (Å²) in [7, 11) is 0. The summed E-state index contributed by atoms with van der Waals surface area (Å²) in [5.41, 5.74) is 1.48. The summed E-state index contributed by atoms with van der Waals surface area (Å²) < 4.78 is 5.37. The van der Waals surface area contributed by atoms with Gasteiger partial charge in [-0.25, -0.2) is 9.78 Å². The second-order valence-electron chi connectivity index (χ2n) is 5.02. The van der Waals surface area contributed by atoms with Gasteiger partial charge in [0, 0.05) is 0 Å². The lowest BCUT2D eigenvalue weighted by atomic mass is 10.1. The molecule has 4 nitrogen and oxygen atoms in total. The van der Waals surface area contributed by atoms with E-state index in [4.69, 9.17) is 4.74 Å². The van der Waals surface area contributed by atoms with Crippen LogP contribution in [-0.2, 0) is 10.1 Å². The van der Waals surface area contributed by atoms with Crippen molar-refractivity contribution in [2.24, 2.45) is 0 Å². The number of carbonyl (C=O) groups is 1. The van der Waals surface area contributed by atoms with E-state index in [1.807, 2.05) is 32.9 Å². The number of esters is 1. The van der Waals surface area contributed by atoms with Gasteiger partial charge in [-0.2, -0.15) is 0 Å². The van der Waals surface area contributed by atoms with Crippen molar-refractivity contribution in [3.05, 3.63) is 29.6 Å². The minimum atomic E-state index is -0.506. The molecule has 2 rings (SSSR count). The number of carbonyl (C=O) groups excluding carboxylic acids is 1. The zero-order valence-electron chi connectivity index (χ0n) is 10.6. The van der Waals surface area contributed by atoms with Crippen LogP contribution in [0.1, 0.15) is 37.0 Å². The molecule has 0 unspecified atom stereocenters. The van der Waals surface area contributed by atoms with Crippen LogP contribution in [0.3, 0.4) is 0 Å². The highest BCUT2D eigenvalue weighted by Gasteiger charge is 2.20. The van der Waals surface area contributed by atoms with Gasteiger partial charge >= 0.3 is 5.97 Å². The van der Waals surface area contributed by atoms with Gasteiger partial charge in [0.2, 0.25) is 0 Å². The number of alkyl halides is 1. The van der Waals surface area contributed by atoms with Gasteiger partial charge in [-0.3, -0.25) is 0 Å². The Morgan fingerprint density at radius 2 is 2.17 bits per heavy atom. The molecule has 0 amide bonds. The molecule has 1 aromatic heterocycles. The Labute approximate surface area is 114 Å². The van der Waals surface area contributed by atoms with Crippen LogP contribution < -0.4 is 0 Å². The SMILES string of the molecule is CC(C)(C)OC(=O)c1cccc2[nH]c(CBr)nc12. The summed E-state index contributed by atoms with van der Waals surface area (Å²) >= 11 is 3.34. The number of nitrogens with zero attached hydrogens (tertiary/aromatic N) is 1. The van der Waals surface area contributed by atoms with E-state index in [2.05, 4.69) is 25.9 Å². The maximum Gasteiger partial charge on any atom is 0.340 e. The van der Waals surface area contributed by atoms with Gasteiger partial charge in [0.05, 0.1) is 16.4 Å². The molecule has 0 aliphatic heterocycles. The van der Waals surface area contributed by atoms with Gasteiger partial charge < -0.3 is 9.72 Å². The molecule has 0 radical (unpaired) electrons. The van der Waals surface area contributed by atoms with Gasteiger partial charge in [0.25, 0.3) is 0 Å². The van der Waals surface area contributed by atoms with Crippen LogP contribution in [0.2, 0.25) is 0 Å². The van der Waals surface area contributed by atoms with Crippen LogP contribution in [-0.4, -0.2) is 21.5 Å². The lowest BCUT2D eigenvalue weighted by Crippen LogP contribution is -2.24. The second-order valence-corrected chi connectivity index (χ2v) is 5.58. The number of nitrogens with one attached hydrogen (secondary N) is 1. The molecule has 1 heterocycles. The molecule has 0 saturated carbocycles. The fourth-order valence-electron chi connectivity index (χ4n) is 1.64. The molecule has 0 aliphatic carbocycles. The molecular formula is C13H15BrN2O2. The Hall–Kier alpha value is -1.36. The first-order valence-corrected chi connectivity index (χ1v) is 6.80. The van der Waals surface area contributed by atoms with Crippen molar-refractivity contribution in [2.45, 2.75) is 31.7 Å². The van der Waals surface area contributed by atoms with Crippen molar-refractivity contribution in [2.75, 3.05) is 0 Å². The summed E-state index contributed by atoms with van der Waals surface area (Å²) in [6, 6.07) is 5.44. The second kappa shape index (κ2) is 4.72. The number of para-hydroxylation sites is 1. The minimum Gasteiger partial charge on any atom is -0.456 e. The van der Waals surface area contributed by atoms with Crippen LogP contribution in [0, 0.1) is 0 Å². The van der Waals surface area contributed by atoms with Crippen molar-refractivity contribution >= 4 is 32.9 Å². The first-order chi connectivity index (χ1) is 8.40. The average molecular weight is 311 g/mol. The van der Waals surface area contributed by atoms with Crippen LogP contribution in [0.5, 0.6) is 0 Å². The number of fused-ring (bicyclic) bond motifs is 1. The number of H-pyrrole nitrogens is 1. The predicted molar refractivity (Wildman–Crippen MR) is 73.9 cm³/mol. The van der Waals surface area contributed by atoms with Crippen molar-refractivity contribution in [1.82, 2.24) is 9.97 Å². The Morgan fingerprint density at radius 1 is 1.44 bits per heavy atom. The van der Waals surface area contributed by atoms with Gasteiger partial charge in [0.15, 0.2) is 0 Å². The van der Waals surface area contributed by atoms with Gasteiger partial charge in [0.1, 0.15) is 16.9 Å². The average Bonchev–Trinajstić information content (AvgIpc) is 2.68. The lowest BCUT2D eigenvalue weighted by molar-refractivity contribution is 0.00717. The van der Waals surface area contributed by atoms with E-state index in [1.54, 1.807) is 6.07 Å². The maximum absolute atomic E-state index is 12.1. The van der Waals surface area contributed by atoms with Crippen molar-refractivity contribution < 1.29 is 9.53 Å². The van der Waals surface area contributed by atoms with Crippen LogP contribution in [0.15, 0.2) is 18.2 Å². The lowest BCUT2D eigenvalue weighted by Gasteiger charge is -2.19. The third-order valence-electron chi connectivity index (χ3n) is 2.31. The van der Waals surface area contributed by atoms with Crippen molar-refractivity contribution in [1.29, 1.82) is 0 Å². The molecule has 0 aliphatic rings. The Kier molecular flexibility index (Phi) is 3.43. The third kappa shape index (κ3) is 2.72. The minimum absolute atomic E-state index is 0.347. The Balaban J connectivity index is 2.44. The smallest absolute Gasteiger partial charge is 0.340 e. The molecule has 0 spiro atoms. The van der Waals surface area contributed by atoms with E-state index in [-0.39, 0.29) is 5.97 Å². The van der Waals surface area contributed by atoms with Gasteiger partial charge in [-0.1, -0.05) is 22.0 Å². The van der Waals surface area contributed by atoms with Crippen LogP contribution in [0.4, 0.5) is 0 Å². The molecule has 0 saturated heterocycles. The first kappa shape index (κ1) is 13.1. The molecule has 96 valence electrons. The first-order valence-electron chi connectivity index (χ1n) is 5.67. The van der Waals surface area contributed by atoms with E-state index in [9.17, 15) is 4.79 Å². The van der Waals surface area contributed by atoms with Crippen LogP contribution in [0.25, 0.3) is 11.0 Å². The Morgan fingerprint density at radius 3 is 2.78 bits per heavy atom. The molecule has 18 heavy (non-hydrogen) atoms. The largest absolute Gasteiger partial charge is 0.456 e. The highest BCUT2D eigenvalue weighted by molar-refractivity contribution is 9.08. The molecule has 0 bridgehead atoms. The number of hydrogen-bond donors (Lipinski definition) is 1. The normalized spacial score (nSPS) is 11.8. The molecule has 1 N–H and O–H groups in total. The quantitative estimate of drug-likeness (QED) is 0.683.